The van der Waals surface area contributed by atoms with Crippen molar-refractivity contribution in [3.8, 4) is 5.75 Å². The SMILES string of the molecule is COc1ccccc1C1C2=C(CCCC2=O)Nc2c(C(=O)Nc3ccc(C)cc3)cnn21. The number of hydrogen-bond acceptors (Lipinski definition) is 5. The van der Waals surface area contributed by atoms with Crippen molar-refractivity contribution in [2.45, 2.75) is 32.2 Å². The van der Waals surface area contributed by atoms with Gasteiger partial charge in [0.2, 0.25) is 0 Å². The Hall–Kier alpha value is -3.87. The minimum Gasteiger partial charge on any atom is -0.496 e. The summed E-state index contributed by atoms with van der Waals surface area (Å²) in [7, 11) is 1.61. The first-order valence-corrected chi connectivity index (χ1v) is 10.7. The molecule has 2 heterocycles. The normalized spacial score (nSPS) is 17.3. The number of anilines is 2. The van der Waals surface area contributed by atoms with E-state index in [0.29, 0.717) is 34.8 Å². The zero-order chi connectivity index (χ0) is 22.2. The van der Waals surface area contributed by atoms with Crippen molar-refractivity contribution in [3.63, 3.8) is 0 Å². The summed E-state index contributed by atoms with van der Waals surface area (Å²) in [6.07, 6.45) is 3.58. The lowest BCUT2D eigenvalue weighted by molar-refractivity contribution is -0.116. The van der Waals surface area contributed by atoms with E-state index in [1.165, 1.54) is 0 Å². The predicted octanol–water partition coefficient (Wildman–Crippen LogP) is 4.47. The van der Waals surface area contributed by atoms with E-state index in [4.69, 9.17) is 4.74 Å². The molecule has 0 saturated heterocycles. The van der Waals surface area contributed by atoms with Crippen LogP contribution in [-0.4, -0.2) is 28.6 Å². The number of carbonyl (C=O) groups excluding carboxylic acids is 2. The molecule has 0 bridgehead atoms. The molecular weight excluding hydrogens is 404 g/mol. The number of methoxy groups -OCH3 is 1. The molecule has 7 nitrogen and oxygen atoms in total. The minimum atomic E-state index is -0.453. The predicted molar refractivity (Wildman–Crippen MR) is 122 cm³/mol. The van der Waals surface area contributed by atoms with Crippen LogP contribution in [0.1, 0.15) is 46.8 Å². The van der Waals surface area contributed by atoms with E-state index in [1.807, 2.05) is 55.5 Å². The molecule has 162 valence electrons. The van der Waals surface area contributed by atoms with E-state index in [2.05, 4.69) is 15.7 Å². The molecule has 0 spiro atoms. The number of fused-ring (bicyclic) bond motifs is 1. The summed E-state index contributed by atoms with van der Waals surface area (Å²) in [5, 5.41) is 10.8. The van der Waals surface area contributed by atoms with E-state index in [-0.39, 0.29) is 11.7 Å². The summed E-state index contributed by atoms with van der Waals surface area (Å²) >= 11 is 0. The second kappa shape index (κ2) is 8.00. The van der Waals surface area contributed by atoms with Crippen LogP contribution < -0.4 is 15.4 Å². The van der Waals surface area contributed by atoms with Crippen LogP contribution in [0.15, 0.2) is 66.0 Å². The zero-order valence-corrected chi connectivity index (χ0v) is 18.0. The number of para-hydroxylation sites is 1. The fraction of sp³-hybridized carbons (Fsp3) is 0.240. The van der Waals surface area contributed by atoms with E-state index >= 15 is 0 Å². The number of ketones is 1. The molecule has 0 saturated carbocycles. The highest BCUT2D eigenvalue weighted by atomic mass is 16.5. The molecule has 0 fully saturated rings. The third kappa shape index (κ3) is 3.36. The molecule has 32 heavy (non-hydrogen) atoms. The third-order valence-electron chi connectivity index (χ3n) is 6.03. The summed E-state index contributed by atoms with van der Waals surface area (Å²) in [5.41, 5.74) is 4.65. The van der Waals surface area contributed by atoms with Crippen LogP contribution in [-0.2, 0) is 4.79 Å². The van der Waals surface area contributed by atoms with Crippen molar-refractivity contribution in [1.29, 1.82) is 0 Å². The monoisotopic (exact) mass is 428 g/mol. The maximum absolute atomic E-state index is 13.1. The lowest BCUT2D eigenvalue weighted by atomic mass is 9.85. The molecule has 1 unspecified atom stereocenters. The van der Waals surface area contributed by atoms with Gasteiger partial charge in [-0.25, -0.2) is 4.68 Å². The van der Waals surface area contributed by atoms with Crippen molar-refractivity contribution in [1.82, 2.24) is 9.78 Å². The van der Waals surface area contributed by atoms with Crippen molar-refractivity contribution in [2.24, 2.45) is 0 Å². The Bertz CT molecular complexity index is 1240. The Morgan fingerprint density at radius 3 is 2.72 bits per heavy atom. The maximum Gasteiger partial charge on any atom is 0.261 e. The second-order valence-corrected chi connectivity index (χ2v) is 8.11. The van der Waals surface area contributed by atoms with Crippen LogP contribution >= 0.6 is 0 Å². The van der Waals surface area contributed by atoms with Gasteiger partial charge in [0, 0.05) is 28.9 Å². The van der Waals surface area contributed by atoms with Gasteiger partial charge in [0.05, 0.1) is 13.3 Å². The van der Waals surface area contributed by atoms with Gasteiger partial charge < -0.3 is 15.4 Å². The minimum absolute atomic E-state index is 0.0986. The van der Waals surface area contributed by atoms with Crippen LogP contribution in [0.5, 0.6) is 5.75 Å². The number of ether oxygens (including phenoxy) is 1. The number of aryl methyl sites for hydroxylation is 1. The number of hydrogen-bond donors (Lipinski definition) is 2. The number of benzene rings is 2. The fourth-order valence-corrected chi connectivity index (χ4v) is 4.44. The molecule has 5 rings (SSSR count). The average molecular weight is 428 g/mol. The number of nitrogens with one attached hydrogen (secondary N) is 2. The van der Waals surface area contributed by atoms with E-state index in [1.54, 1.807) is 18.0 Å². The first-order chi connectivity index (χ1) is 15.6. The highest BCUT2D eigenvalue weighted by Gasteiger charge is 2.38. The highest BCUT2D eigenvalue weighted by Crippen LogP contribution is 2.43. The summed E-state index contributed by atoms with van der Waals surface area (Å²) in [5.74, 6) is 1.10. The molecule has 1 aromatic heterocycles. The van der Waals surface area contributed by atoms with Crippen LogP contribution in [0.4, 0.5) is 11.5 Å². The summed E-state index contributed by atoms with van der Waals surface area (Å²) in [6.45, 7) is 2.00. The van der Waals surface area contributed by atoms with Crippen LogP contribution in [0.3, 0.4) is 0 Å². The number of allylic oxidation sites excluding steroid dienone is 2. The number of Topliss-reactive ketones (excluding diaryl/α,β-unsaturated/α-hetero) is 1. The summed E-state index contributed by atoms with van der Waals surface area (Å²) < 4.78 is 7.32. The summed E-state index contributed by atoms with van der Waals surface area (Å²) in [4.78, 5) is 26.1. The molecule has 7 heteroatoms. The topological polar surface area (TPSA) is 85.2 Å². The number of rotatable bonds is 4. The lowest BCUT2D eigenvalue weighted by Crippen LogP contribution is -2.32. The molecule has 2 aromatic carbocycles. The van der Waals surface area contributed by atoms with Crippen molar-refractivity contribution in [2.75, 3.05) is 17.7 Å². The van der Waals surface area contributed by atoms with Gasteiger partial charge in [-0.2, -0.15) is 5.10 Å². The Morgan fingerprint density at radius 2 is 1.94 bits per heavy atom. The molecule has 1 aliphatic heterocycles. The largest absolute Gasteiger partial charge is 0.496 e. The lowest BCUT2D eigenvalue weighted by Gasteiger charge is -2.34. The van der Waals surface area contributed by atoms with Crippen LogP contribution in [0, 0.1) is 6.92 Å². The quantitative estimate of drug-likeness (QED) is 0.640. The molecule has 2 N–H and O–H groups in total. The third-order valence-corrected chi connectivity index (χ3v) is 6.03. The number of aromatic nitrogens is 2. The Labute approximate surface area is 186 Å². The van der Waals surface area contributed by atoms with Gasteiger partial charge in [-0.3, -0.25) is 9.59 Å². The molecule has 1 aliphatic carbocycles. The smallest absolute Gasteiger partial charge is 0.261 e. The van der Waals surface area contributed by atoms with E-state index < -0.39 is 6.04 Å². The Balaban J connectivity index is 1.59. The fourth-order valence-electron chi connectivity index (χ4n) is 4.44. The first kappa shape index (κ1) is 20.1. The Morgan fingerprint density at radius 1 is 1.16 bits per heavy atom. The maximum atomic E-state index is 13.1. The molecule has 2 aliphatic rings. The molecule has 1 amide bonds. The van der Waals surface area contributed by atoms with Crippen molar-refractivity contribution >= 4 is 23.2 Å². The molecule has 1 atom stereocenters. The first-order valence-electron chi connectivity index (χ1n) is 10.7. The highest BCUT2D eigenvalue weighted by molar-refractivity contribution is 6.08. The van der Waals surface area contributed by atoms with Gasteiger partial charge in [-0.15, -0.1) is 0 Å². The molecule has 0 radical (unpaired) electrons. The van der Waals surface area contributed by atoms with E-state index in [0.717, 1.165) is 29.7 Å². The zero-order valence-electron chi connectivity index (χ0n) is 18.0. The Kier molecular flexibility index (Phi) is 5.01. The van der Waals surface area contributed by atoms with Crippen LogP contribution in [0.2, 0.25) is 0 Å². The van der Waals surface area contributed by atoms with Crippen LogP contribution in [0.25, 0.3) is 0 Å². The van der Waals surface area contributed by atoms with Gasteiger partial charge >= 0.3 is 0 Å². The van der Waals surface area contributed by atoms with Gasteiger partial charge in [-0.1, -0.05) is 35.9 Å². The van der Waals surface area contributed by atoms with E-state index in [9.17, 15) is 9.59 Å². The summed E-state index contributed by atoms with van der Waals surface area (Å²) in [6, 6.07) is 14.8. The second-order valence-electron chi connectivity index (χ2n) is 8.11. The van der Waals surface area contributed by atoms with Crippen molar-refractivity contribution < 1.29 is 14.3 Å². The van der Waals surface area contributed by atoms with Gasteiger partial charge in [0.15, 0.2) is 5.78 Å². The number of amides is 1. The van der Waals surface area contributed by atoms with Gasteiger partial charge in [-0.05, 0) is 38.0 Å². The number of carbonyl (C=O) groups is 2. The molecular formula is C25H24N4O3. The van der Waals surface area contributed by atoms with Gasteiger partial charge in [0.1, 0.15) is 23.2 Å². The molecule has 3 aromatic rings. The van der Waals surface area contributed by atoms with Gasteiger partial charge in [0.25, 0.3) is 5.91 Å². The number of nitrogens with zero attached hydrogens (tertiary/aromatic N) is 2. The standard InChI is InChI=1S/C25H24N4O3/c1-15-10-12-16(13-11-15)27-25(31)18-14-26-29-23(17-6-3-4-9-21(17)32-2)22-19(28-24(18)29)7-5-8-20(22)30/h3-4,6,9-14,23,28H,5,7-8H2,1-2H3,(H,27,31). The average Bonchev–Trinajstić information content (AvgIpc) is 3.23. The van der Waals surface area contributed by atoms with Crippen molar-refractivity contribution in [3.05, 3.63) is 82.7 Å².